The molecule has 6 heteroatoms. The average Bonchev–Trinajstić information content (AvgIpc) is 3.30. The van der Waals surface area contributed by atoms with E-state index in [9.17, 15) is 14.4 Å². The van der Waals surface area contributed by atoms with Crippen LogP contribution in [0.4, 0.5) is 0 Å². The maximum atomic E-state index is 12.8. The molecule has 0 aromatic rings. The van der Waals surface area contributed by atoms with Gasteiger partial charge in [-0.25, -0.2) is 0 Å². The van der Waals surface area contributed by atoms with Crippen molar-refractivity contribution in [2.45, 2.75) is 309 Å². The fourth-order valence-electron chi connectivity index (χ4n) is 8.33. The highest BCUT2D eigenvalue weighted by molar-refractivity contribution is 5.71. The van der Waals surface area contributed by atoms with E-state index in [1.165, 1.54) is 186 Å². The van der Waals surface area contributed by atoms with Gasteiger partial charge in [-0.1, -0.05) is 263 Å². The highest BCUT2D eigenvalue weighted by atomic mass is 16.6. The van der Waals surface area contributed by atoms with Crippen molar-refractivity contribution in [3.8, 4) is 0 Å². The molecule has 0 N–H and O–H groups in total. The predicted molar refractivity (Wildman–Crippen MR) is 279 cm³/mol. The average molecular weight is 914 g/mol. The van der Waals surface area contributed by atoms with Crippen LogP contribution in [-0.2, 0) is 28.6 Å². The van der Waals surface area contributed by atoms with E-state index in [1.807, 2.05) is 0 Å². The van der Waals surface area contributed by atoms with Crippen LogP contribution in [0.25, 0.3) is 0 Å². The lowest BCUT2D eigenvalue weighted by molar-refractivity contribution is -0.167. The highest BCUT2D eigenvalue weighted by Gasteiger charge is 2.19. The summed E-state index contributed by atoms with van der Waals surface area (Å²) in [6, 6.07) is 0. The van der Waals surface area contributed by atoms with E-state index in [1.54, 1.807) is 0 Å². The van der Waals surface area contributed by atoms with Gasteiger partial charge in [0.25, 0.3) is 0 Å². The fraction of sp³-hybridized carbons (Fsp3) is 0.847. The van der Waals surface area contributed by atoms with Gasteiger partial charge in [-0.15, -0.1) is 0 Å². The first-order valence-electron chi connectivity index (χ1n) is 28.5. The Balaban J connectivity index is 4.26. The van der Waals surface area contributed by atoms with E-state index in [0.717, 1.165) is 77.0 Å². The summed E-state index contributed by atoms with van der Waals surface area (Å²) in [7, 11) is 0. The molecule has 0 saturated heterocycles. The largest absolute Gasteiger partial charge is 0.462 e. The van der Waals surface area contributed by atoms with Crippen LogP contribution in [0.3, 0.4) is 0 Å². The maximum Gasteiger partial charge on any atom is 0.306 e. The van der Waals surface area contributed by atoms with Gasteiger partial charge in [0.15, 0.2) is 6.10 Å². The maximum absolute atomic E-state index is 12.8. The van der Waals surface area contributed by atoms with Crippen molar-refractivity contribution in [2.75, 3.05) is 13.2 Å². The molecule has 0 fully saturated rings. The summed E-state index contributed by atoms with van der Waals surface area (Å²) in [5.74, 6) is -0.863. The third kappa shape index (κ3) is 52.5. The van der Waals surface area contributed by atoms with Gasteiger partial charge in [-0.05, 0) is 57.8 Å². The third-order valence-electron chi connectivity index (χ3n) is 12.6. The molecule has 0 aliphatic heterocycles. The molecule has 0 bridgehead atoms. The summed E-state index contributed by atoms with van der Waals surface area (Å²) in [5, 5.41) is 0. The molecule has 380 valence electrons. The molecule has 0 heterocycles. The van der Waals surface area contributed by atoms with Crippen LogP contribution < -0.4 is 0 Å². The van der Waals surface area contributed by atoms with Gasteiger partial charge in [-0.3, -0.25) is 14.4 Å². The van der Waals surface area contributed by atoms with Crippen molar-refractivity contribution in [1.29, 1.82) is 0 Å². The Morgan fingerprint density at radius 3 is 0.862 bits per heavy atom. The summed E-state index contributed by atoms with van der Waals surface area (Å²) in [6.07, 6.45) is 64.2. The van der Waals surface area contributed by atoms with Crippen LogP contribution in [0.5, 0.6) is 0 Å². The van der Waals surface area contributed by atoms with E-state index in [2.05, 4.69) is 57.2 Å². The number of allylic oxidation sites excluding steroid dienone is 6. The number of hydrogen-bond donors (Lipinski definition) is 0. The van der Waals surface area contributed by atoms with E-state index in [0.29, 0.717) is 19.3 Å². The Hall–Kier alpha value is -2.37. The van der Waals surface area contributed by atoms with Gasteiger partial charge in [0.05, 0.1) is 0 Å². The highest BCUT2D eigenvalue weighted by Crippen LogP contribution is 2.16. The van der Waals surface area contributed by atoms with Crippen LogP contribution in [0.15, 0.2) is 36.5 Å². The topological polar surface area (TPSA) is 78.9 Å². The van der Waals surface area contributed by atoms with E-state index in [-0.39, 0.29) is 31.1 Å². The summed E-state index contributed by atoms with van der Waals surface area (Å²) in [6.45, 7) is 6.65. The number of carbonyl (C=O) groups is 3. The molecule has 6 nitrogen and oxygen atoms in total. The molecule has 0 radical (unpaired) electrons. The second-order valence-electron chi connectivity index (χ2n) is 19.2. The summed E-state index contributed by atoms with van der Waals surface area (Å²) in [4.78, 5) is 38.0. The smallest absolute Gasteiger partial charge is 0.306 e. The van der Waals surface area contributed by atoms with Crippen molar-refractivity contribution in [2.24, 2.45) is 0 Å². The van der Waals surface area contributed by atoms with E-state index in [4.69, 9.17) is 14.2 Å². The quantitative estimate of drug-likeness (QED) is 0.0262. The minimum absolute atomic E-state index is 0.0699. The molecule has 0 aromatic heterocycles. The van der Waals surface area contributed by atoms with Crippen LogP contribution in [0, 0.1) is 0 Å². The van der Waals surface area contributed by atoms with Gasteiger partial charge in [0.1, 0.15) is 13.2 Å². The van der Waals surface area contributed by atoms with Crippen LogP contribution in [-0.4, -0.2) is 37.2 Å². The van der Waals surface area contributed by atoms with Crippen LogP contribution >= 0.6 is 0 Å². The molecule has 0 spiro atoms. The monoisotopic (exact) mass is 913 g/mol. The zero-order chi connectivity index (χ0) is 47.2. The third-order valence-corrected chi connectivity index (χ3v) is 12.6. The molecule has 0 aromatic carbocycles. The zero-order valence-electron chi connectivity index (χ0n) is 43.5. The summed E-state index contributed by atoms with van der Waals surface area (Å²) >= 11 is 0. The Kier molecular flexibility index (Phi) is 52.3. The molecule has 1 unspecified atom stereocenters. The van der Waals surface area contributed by atoms with Crippen molar-refractivity contribution in [3.05, 3.63) is 36.5 Å². The lowest BCUT2D eigenvalue weighted by Gasteiger charge is -2.18. The Morgan fingerprint density at radius 2 is 0.554 bits per heavy atom. The van der Waals surface area contributed by atoms with Crippen LogP contribution in [0.1, 0.15) is 303 Å². The predicted octanol–water partition coefficient (Wildman–Crippen LogP) is 18.9. The standard InChI is InChI=1S/C59H108O6/c1-4-7-10-13-16-19-22-24-25-26-27-28-29-30-31-32-33-35-37-40-43-46-49-52-58(61)64-55-56(54-63-57(60)51-48-45-42-39-36-21-18-15-12-9-6-3)65-59(62)53-50-47-44-41-38-34-23-20-17-14-11-8-5-2/h22,24,26-27,29-30,56H,4-21,23,25,28,31-55H2,1-3H3/b24-22-,27-26-,30-29-. The van der Waals surface area contributed by atoms with Crippen LogP contribution in [0.2, 0.25) is 0 Å². The molecule has 0 saturated carbocycles. The van der Waals surface area contributed by atoms with Gasteiger partial charge in [-0.2, -0.15) is 0 Å². The van der Waals surface area contributed by atoms with Crippen molar-refractivity contribution >= 4 is 17.9 Å². The fourth-order valence-corrected chi connectivity index (χ4v) is 8.33. The molecule has 0 rings (SSSR count). The summed E-state index contributed by atoms with van der Waals surface area (Å²) < 4.78 is 16.8. The lowest BCUT2D eigenvalue weighted by atomic mass is 10.0. The second-order valence-corrected chi connectivity index (χ2v) is 19.2. The minimum atomic E-state index is -0.769. The molecular weight excluding hydrogens is 805 g/mol. The number of unbranched alkanes of at least 4 members (excludes halogenated alkanes) is 35. The van der Waals surface area contributed by atoms with Crippen molar-refractivity contribution < 1.29 is 28.6 Å². The van der Waals surface area contributed by atoms with Gasteiger partial charge >= 0.3 is 17.9 Å². The minimum Gasteiger partial charge on any atom is -0.462 e. The number of hydrogen-bond acceptors (Lipinski definition) is 6. The van der Waals surface area contributed by atoms with Crippen molar-refractivity contribution in [3.63, 3.8) is 0 Å². The number of ether oxygens (including phenoxy) is 3. The van der Waals surface area contributed by atoms with Gasteiger partial charge in [0.2, 0.25) is 0 Å². The first-order chi connectivity index (χ1) is 32.0. The first kappa shape index (κ1) is 62.6. The summed E-state index contributed by atoms with van der Waals surface area (Å²) in [5.41, 5.74) is 0. The lowest BCUT2D eigenvalue weighted by Crippen LogP contribution is -2.30. The van der Waals surface area contributed by atoms with Gasteiger partial charge < -0.3 is 14.2 Å². The molecule has 1 atom stereocenters. The first-order valence-corrected chi connectivity index (χ1v) is 28.5. The Labute approximate surface area is 404 Å². The molecule has 65 heavy (non-hydrogen) atoms. The van der Waals surface area contributed by atoms with Gasteiger partial charge in [0, 0.05) is 19.3 Å². The van der Waals surface area contributed by atoms with E-state index >= 15 is 0 Å². The Bertz CT molecular complexity index is 1090. The normalized spacial score (nSPS) is 12.2. The number of carbonyl (C=O) groups excluding carboxylic acids is 3. The molecule has 0 aliphatic rings. The zero-order valence-corrected chi connectivity index (χ0v) is 43.5. The van der Waals surface area contributed by atoms with E-state index < -0.39 is 6.10 Å². The SMILES string of the molecule is CCCCCCC/C=C\C/C=C\C/C=C\CCCCCCCCCCC(=O)OCC(COC(=O)CCCCCCCCCCCCC)OC(=O)CCCCCCCCCCCCCCC. The number of esters is 3. The Morgan fingerprint density at radius 1 is 0.308 bits per heavy atom. The molecule has 0 amide bonds. The second kappa shape index (κ2) is 54.2. The van der Waals surface area contributed by atoms with Crippen molar-refractivity contribution in [1.82, 2.24) is 0 Å². The molecule has 0 aliphatic carbocycles. The number of rotatable bonds is 52. The molecular formula is C59H108O6.